The Kier molecular flexibility index (Phi) is 7.49. The number of benzene rings is 2. The fourth-order valence-electron chi connectivity index (χ4n) is 5.65. The van der Waals surface area contributed by atoms with Gasteiger partial charge in [0.1, 0.15) is 11.6 Å². The van der Waals surface area contributed by atoms with Crippen molar-refractivity contribution in [2.24, 2.45) is 11.8 Å². The molecule has 3 aromatic rings. The van der Waals surface area contributed by atoms with Crippen molar-refractivity contribution in [2.45, 2.75) is 32.6 Å². The number of ether oxygens (including phenoxy) is 1. The van der Waals surface area contributed by atoms with E-state index in [1.807, 2.05) is 36.1 Å². The van der Waals surface area contributed by atoms with Crippen LogP contribution in [0.5, 0.6) is 5.75 Å². The molecule has 1 unspecified atom stereocenters. The first kappa shape index (κ1) is 26.2. The molecule has 5 rings (SSSR count). The summed E-state index contributed by atoms with van der Waals surface area (Å²) in [7, 11) is 1.67. The first-order valence-corrected chi connectivity index (χ1v) is 13.2. The average molecular weight is 527 g/mol. The van der Waals surface area contributed by atoms with E-state index < -0.39 is 0 Å². The highest BCUT2D eigenvalue weighted by atomic mass is 16.5. The summed E-state index contributed by atoms with van der Waals surface area (Å²) in [6.45, 7) is 8.83. The molecule has 2 fully saturated rings. The molecule has 2 heterocycles. The minimum atomic E-state index is -0.271. The monoisotopic (exact) mass is 526 g/mol. The number of carbonyl (C=O) groups excluding carboxylic acids is 2. The van der Waals surface area contributed by atoms with Crippen molar-refractivity contribution in [3.8, 4) is 5.75 Å². The number of carbonyl (C=O) groups is 2. The van der Waals surface area contributed by atoms with E-state index in [-0.39, 0.29) is 11.8 Å². The highest BCUT2D eigenvalue weighted by molar-refractivity contribution is 5.99. The Morgan fingerprint density at radius 3 is 2.51 bits per heavy atom. The zero-order valence-corrected chi connectivity index (χ0v) is 22.5. The minimum Gasteiger partial charge on any atom is -0.495 e. The van der Waals surface area contributed by atoms with Gasteiger partial charge in [-0.3, -0.25) is 9.59 Å². The summed E-state index contributed by atoms with van der Waals surface area (Å²) in [5.74, 6) is 3.35. The third-order valence-corrected chi connectivity index (χ3v) is 7.69. The molecular weight excluding hydrogens is 492 g/mol. The lowest BCUT2D eigenvalue weighted by Gasteiger charge is -2.19. The summed E-state index contributed by atoms with van der Waals surface area (Å²) in [4.78, 5) is 34.5. The molecule has 0 bridgehead atoms. The molecule has 3 N–H and O–H groups in total. The number of nitrogens with zero attached hydrogens (tertiary/aromatic N) is 3. The standard InChI is InChI=1S/C30H34N6O3/c1-5-28(38)32-24-7-6-8-25(14-24)33-29-18(2)15-31-30(35-29)34-26-10-9-20(13-27(26)39-4)21-11-22-16-36(19(3)37)17-23(22)12-21/h5-10,13-15,21-23H,1,11-12,16-17H2,2-4H3,(H,32,38)(H2,31,33,34,35)/t21?,22-,23+. The van der Waals surface area contributed by atoms with E-state index in [0.29, 0.717) is 35.2 Å². The Morgan fingerprint density at radius 2 is 1.82 bits per heavy atom. The molecule has 1 aliphatic heterocycles. The number of hydrogen-bond donors (Lipinski definition) is 3. The largest absolute Gasteiger partial charge is 0.495 e. The smallest absolute Gasteiger partial charge is 0.247 e. The molecule has 0 radical (unpaired) electrons. The summed E-state index contributed by atoms with van der Waals surface area (Å²) in [5.41, 5.74) is 4.35. The van der Waals surface area contributed by atoms with Gasteiger partial charge >= 0.3 is 0 Å². The fourth-order valence-corrected chi connectivity index (χ4v) is 5.65. The van der Waals surface area contributed by atoms with Gasteiger partial charge in [-0.25, -0.2) is 4.98 Å². The molecule has 1 aromatic heterocycles. The quantitative estimate of drug-likeness (QED) is 0.338. The van der Waals surface area contributed by atoms with E-state index in [1.54, 1.807) is 26.3 Å². The molecule has 1 aliphatic carbocycles. The van der Waals surface area contributed by atoms with Crippen LogP contribution in [0.2, 0.25) is 0 Å². The molecule has 9 heteroatoms. The normalized spacial score (nSPS) is 19.8. The van der Waals surface area contributed by atoms with E-state index in [2.05, 4.69) is 44.6 Å². The molecule has 202 valence electrons. The van der Waals surface area contributed by atoms with Crippen LogP contribution in [0.1, 0.15) is 36.8 Å². The van der Waals surface area contributed by atoms with Crippen molar-refractivity contribution in [3.05, 3.63) is 72.4 Å². The molecular formula is C30H34N6O3. The van der Waals surface area contributed by atoms with Crippen LogP contribution in [0.15, 0.2) is 61.3 Å². The Hall–Kier alpha value is -4.40. The molecule has 0 spiro atoms. The van der Waals surface area contributed by atoms with Crippen molar-refractivity contribution in [2.75, 3.05) is 36.1 Å². The highest BCUT2D eigenvalue weighted by Gasteiger charge is 2.42. The second kappa shape index (κ2) is 11.1. The van der Waals surface area contributed by atoms with Gasteiger partial charge < -0.3 is 25.6 Å². The number of hydrogen-bond acceptors (Lipinski definition) is 7. The van der Waals surface area contributed by atoms with Gasteiger partial charge in [-0.05, 0) is 79.5 Å². The van der Waals surface area contributed by atoms with Gasteiger partial charge in [0.15, 0.2) is 0 Å². The lowest BCUT2D eigenvalue weighted by atomic mass is 9.95. The van der Waals surface area contributed by atoms with Crippen LogP contribution in [0.3, 0.4) is 0 Å². The van der Waals surface area contributed by atoms with Gasteiger partial charge in [-0.2, -0.15) is 4.98 Å². The van der Waals surface area contributed by atoms with Crippen LogP contribution < -0.4 is 20.7 Å². The van der Waals surface area contributed by atoms with Gasteiger partial charge in [0, 0.05) is 43.1 Å². The first-order valence-electron chi connectivity index (χ1n) is 13.2. The number of amides is 2. The van der Waals surface area contributed by atoms with Gasteiger partial charge in [-0.1, -0.05) is 18.7 Å². The highest BCUT2D eigenvalue weighted by Crippen LogP contribution is 2.47. The number of aryl methyl sites for hydroxylation is 1. The van der Waals surface area contributed by atoms with Crippen molar-refractivity contribution < 1.29 is 14.3 Å². The number of fused-ring (bicyclic) bond motifs is 1. The SMILES string of the molecule is C=CC(=O)Nc1cccc(Nc2nc(Nc3ccc(C4C[C@@H]5CN(C(C)=O)C[C@@H]5C4)cc3OC)ncc2C)c1. The van der Waals surface area contributed by atoms with Gasteiger partial charge in [0.05, 0.1) is 12.8 Å². The number of methoxy groups -OCH3 is 1. The number of anilines is 5. The second-order valence-corrected chi connectivity index (χ2v) is 10.3. The van der Waals surface area contributed by atoms with Crippen LogP contribution in [-0.2, 0) is 9.59 Å². The third-order valence-electron chi connectivity index (χ3n) is 7.69. The van der Waals surface area contributed by atoms with Crippen molar-refractivity contribution >= 4 is 40.6 Å². The van der Waals surface area contributed by atoms with E-state index >= 15 is 0 Å². The molecule has 2 aliphatic rings. The average Bonchev–Trinajstić information content (AvgIpc) is 3.51. The van der Waals surface area contributed by atoms with Crippen molar-refractivity contribution in [1.29, 1.82) is 0 Å². The van der Waals surface area contributed by atoms with E-state index in [9.17, 15) is 9.59 Å². The maximum absolute atomic E-state index is 11.8. The lowest BCUT2D eigenvalue weighted by molar-refractivity contribution is -0.128. The van der Waals surface area contributed by atoms with E-state index in [0.717, 1.165) is 48.6 Å². The summed E-state index contributed by atoms with van der Waals surface area (Å²) >= 11 is 0. The summed E-state index contributed by atoms with van der Waals surface area (Å²) < 4.78 is 5.74. The number of nitrogens with one attached hydrogen (secondary N) is 3. The Balaban J connectivity index is 1.28. The maximum Gasteiger partial charge on any atom is 0.247 e. The van der Waals surface area contributed by atoms with Crippen LogP contribution in [0.25, 0.3) is 0 Å². The van der Waals surface area contributed by atoms with E-state index in [4.69, 9.17) is 4.74 Å². The molecule has 2 amide bonds. The molecule has 39 heavy (non-hydrogen) atoms. The number of rotatable bonds is 8. The molecule has 1 saturated carbocycles. The van der Waals surface area contributed by atoms with Crippen LogP contribution >= 0.6 is 0 Å². The minimum absolute atomic E-state index is 0.181. The van der Waals surface area contributed by atoms with Crippen molar-refractivity contribution in [3.63, 3.8) is 0 Å². The molecule has 1 saturated heterocycles. The summed E-state index contributed by atoms with van der Waals surface area (Å²) in [6.07, 6.45) is 5.18. The van der Waals surface area contributed by atoms with Crippen LogP contribution in [0, 0.1) is 18.8 Å². The second-order valence-electron chi connectivity index (χ2n) is 10.3. The van der Waals surface area contributed by atoms with Gasteiger partial charge in [0.2, 0.25) is 17.8 Å². The maximum atomic E-state index is 11.8. The number of aromatic nitrogens is 2. The van der Waals surface area contributed by atoms with Gasteiger partial charge in [0.25, 0.3) is 0 Å². The lowest BCUT2D eigenvalue weighted by Crippen LogP contribution is -2.27. The number of likely N-dealkylation sites (tertiary alicyclic amines) is 1. The van der Waals surface area contributed by atoms with Crippen LogP contribution in [0.4, 0.5) is 28.8 Å². The predicted octanol–water partition coefficient (Wildman–Crippen LogP) is 5.38. The van der Waals surface area contributed by atoms with Crippen molar-refractivity contribution in [1.82, 2.24) is 14.9 Å². The summed E-state index contributed by atoms with van der Waals surface area (Å²) in [6, 6.07) is 13.7. The predicted molar refractivity (Wildman–Crippen MR) is 153 cm³/mol. The first-order chi connectivity index (χ1) is 18.8. The molecule has 2 aromatic carbocycles. The fraction of sp³-hybridized carbons (Fsp3) is 0.333. The Bertz CT molecular complexity index is 1390. The Morgan fingerprint density at radius 1 is 1.08 bits per heavy atom. The zero-order valence-electron chi connectivity index (χ0n) is 22.5. The van der Waals surface area contributed by atoms with E-state index in [1.165, 1.54) is 11.6 Å². The summed E-state index contributed by atoms with van der Waals surface area (Å²) in [5, 5.41) is 9.37. The van der Waals surface area contributed by atoms with Gasteiger partial charge in [-0.15, -0.1) is 0 Å². The molecule has 9 nitrogen and oxygen atoms in total. The third kappa shape index (κ3) is 5.87. The Labute approximate surface area is 228 Å². The van der Waals surface area contributed by atoms with Crippen LogP contribution in [-0.4, -0.2) is 46.9 Å². The topological polar surface area (TPSA) is 108 Å². The zero-order chi connectivity index (χ0) is 27.5. The molecule has 3 atom stereocenters.